The predicted octanol–water partition coefficient (Wildman–Crippen LogP) is 3.42. The maximum atomic E-state index is 12.2. The van der Waals surface area contributed by atoms with Crippen molar-refractivity contribution in [2.45, 2.75) is 19.3 Å². The smallest absolute Gasteiger partial charge is 0.228 e. The molecule has 0 bridgehead atoms. The molecular weight excluding hydrogens is 254 g/mol. The first-order valence-electron chi connectivity index (χ1n) is 6.85. The van der Waals surface area contributed by atoms with Crippen molar-refractivity contribution in [1.82, 2.24) is 0 Å². The summed E-state index contributed by atoms with van der Waals surface area (Å²) < 4.78 is 10.8. The molecule has 2 unspecified atom stereocenters. The van der Waals surface area contributed by atoms with Crippen LogP contribution in [0.25, 0.3) is 0 Å². The van der Waals surface area contributed by atoms with Gasteiger partial charge in [-0.1, -0.05) is 12.1 Å². The average molecular weight is 271 g/mol. The molecule has 1 aliphatic carbocycles. The number of benzene rings is 1. The lowest BCUT2D eigenvalue weighted by atomic mass is 10.2. The molecule has 20 heavy (non-hydrogen) atoms. The van der Waals surface area contributed by atoms with Gasteiger partial charge in [0, 0.05) is 11.8 Å². The molecule has 0 aliphatic heterocycles. The quantitative estimate of drug-likeness (QED) is 0.906. The van der Waals surface area contributed by atoms with Gasteiger partial charge in [0.1, 0.15) is 11.5 Å². The molecule has 0 radical (unpaired) electrons. The SMILES string of the molecule is CCOc1ccccc1NC(=O)C1CC1c1ccco1. The van der Waals surface area contributed by atoms with Crippen molar-refractivity contribution in [3.05, 3.63) is 48.4 Å². The van der Waals surface area contributed by atoms with Crippen LogP contribution in [0, 0.1) is 5.92 Å². The van der Waals surface area contributed by atoms with E-state index in [9.17, 15) is 4.79 Å². The molecule has 0 saturated heterocycles. The maximum absolute atomic E-state index is 12.2. The first kappa shape index (κ1) is 12.8. The van der Waals surface area contributed by atoms with E-state index in [1.807, 2.05) is 43.3 Å². The molecule has 1 amide bonds. The fourth-order valence-corrected chi connectivity index (χ4v) is 2.38. The highest BCUT2D eigenvalue weighted by molar-refractivity contribution is 5.96. The predicted molar refractivity (Wildman–Crippen MR) is 75.8 cm³/mol. The highest BCUT2D eigenvalue weighted by Crippen LogP contribution is 2.48. The molecular formula is C16H17NO3. The molecule has 1 aromatic carbocycles. The molecule has 1 aromatic heterocycles. The van der Waals surface area contributed by atoms with E-state index in [1.54, 1.807) is 6.26 Å². The zero-order chi connectivity index (χ0) is 13.9. The Morgan fingerprint density at radius 2 is 2.20 bits per heavy atom. The van der Waals surface area contributed by atoms with Gasteiger partial charge in [-0.05, 0) is 37.6 Å². The van der Waals surface area contributed by atoms with Crippen LogP contribution in [-0.2, 0) is 4.79 Å². The summed E-state index contributed by atoms with van der Waals surface area (Å²) in [6.45, 7) is 2.50. The van der Waals surface area contributed by atoms with Crippen LogP contribution in [0.2, 0.25) is 0 Å². The van der Waals surface area contributed by atoms with Crippen LogP contribution >= 0.6 is 0 Å². The number of hydrogen-bond acceptors (Lipinski definition) is 3. The zero-order valence-electron chi connectivity index (χ0n) is 11.3. The first-order valence-corrected chi connectivity index (χ1v) is 6.85. The average Bonchev–Trinajstić information content (AvgIpc) is 3.08. The number of ether oxygens (including phenoxy) is 1. The zero-order valence-corrected chi connectivity index (χ0v) is 11.3. The number of para-hydroxylation sites is 2. The van der Waals surface area contributed by atoms with Gasteiger partial charge in [-0.2, -0.15) is 0 Å². The monoisotopic (exact) mass is 271 g/mol. The van der Waals surface area contributed by atoms with Gasteiger partial charge in [0.15, 0.2) is 0 Å². The van der Waals surface area contributed by atoms with Gasteiger partial charge in [-0.15, -0.1) is 0 Å². The van der Waals surface area contributed by atoms with Crippen molar-refractivity contribution < 1.29 is 13.9 Å². The van der Waals surface area contributed by atoms with Crippen LogP contribution in [-0.4, -0.2) is 12.5 Å². The summed E-state index contributed by atoms with van der Waals surface area (Å²) in [6.07, 6.45) is 2.49. The molecule has 2 aromatic rings. The summed E-state index contributed by atoms with van der Waals surface area (Å²) in [5.41, 5.74) is 0.726. The third-order valence-corrected chi connectivity index (χ3v) is 3.48. The van der Waals surface area contributed by atoms with E-state index in [4.69, 9.17) is 9.15 Å². The first-order chi connectivity index (χ1) is 9.79. The van der Waals surface area contributed by atoms with Crippen LogP contribution in [0.15, 0.2) is 47.1 Å². The number of furan rings is 1. The van der Waals surface area contributed by atoms with Crippen molar-refractivity contribution in [3.8, 4) is 5.75 Å². The molecule has 4 nitrogen and oxygen atoms in total. The third kappa shape index (κ3) is 2.54. The summed E-state index contributed by atoms with van der Waals surface area (Å²) in [5.74, 6) is 1.83. The molecule has 0 spiro atoms. The van der Waals surface area contributed by atoms with Crippen LogP contribution < -0.4 is 10.1 Å². The van der Waals surface area contributed by atoms with Crippen molar-refractivity contribution in [1.29, 1.82) is 0 Å². The Labute approximate surface area is 117 Å². The van der Waals surface area contributed by atoms with Crippen LogP contribution in [0.1, 0.15) is 25.0 Å². The molecule has 4 heteroatoms. The summed E-state index contributed by atoms with van der Waals surface area (Å²) in [4.78, 5) is 12.2. The highest BCUT2D eigenvalue weighted by Gasteiger charge is 2.45. The lowest BCUT2D eigenvalue weighted by Gasteiger charge is -2.10. The Kier molecular flexibility index (Phi) is 3.46. The van der Waals surface area contributed by atoms with Gasteiger partial charge in [0.2, 0.25) is 5.91 Å². The summed E-state index contributed by atoms with van der Waals surface area (Å²) in [7, 11) is 0. The van der Waals surface area contributed by atoms with Gasteiger partial charge in [0.25, 0.3) is 0 Å². The van der Waals surface area contributed by atoms with Crippen molar-refractivity contribution >= 4 is 11.6 Å². The Hall–Kier alpha value is -2.23. The van der Waals surface area contributed by atoms with E-state index in [0.29, 0.717) is 12.4 Å². The molecule has 1 fully saturated rings. The van der Waals surface area contributed by atoms with Gasteiger partial charge < -0.3 is 14.5 Å². The summed E-state index contributed by atoms with van der Waals surface area (Å²) in [6, 6.07) is 11.3. The van der Waals surface area contributed by atoms with E-state index in [1.165, 1.54) is 0 Å². The number of nitrogens with one attached hydrogen (secondary N) is 1. The fraction of sp³-hybridized carbons (Fsp3) is 0.312. The topological polar surface area (TPSA) is 51.5 Å². The molecule has 1 aliphatic rings. The normalized spacial score (nSPS) is 20.4. The van der Waals surface area contributed by atoms with Crippen molar-refractivity contribution in [3.63, 3.8) is 0 Å². The molecule has 1 N–H and O–H groups in total. The maximum Gasteiger partial charge on any atom is 0.228 e. The van der Waals surface area contributed by atoms with Crippen LogP contribution in [0.3, 0.4) is 0 Å². The van der Waals surface area contributed by atoms with Gasteiger partial charge in [-0.3, -0.25) is 4.79 Å². The number of carbonyl (C=O) groups excluding carboxylic acids is 1. The minimum absolute atomic E-state index is 0.00386. The van der Waals surface area contributed by atoms with Gasteiger partial charge >= 0.3 is 0 Å². The Bertz CT molecular complexity index is 592. The van der Waals surface area contributed by atoms with Crippen LogP contribution in [0.4, 0.5) is 5.69 Å². The number of anilines is 1. The van der Waals surface area contributed by atoms with E-state index in [-0.39, 0.29) is 17.7 Å². The molecule has 104 valence electrons. The third-order valence-electron chi connectivity index (χ3n) is 3.48. The number of hydrogen-bond donors (Lipinski definition) is 1. The van der Waals surface area contributed by atoms with E-state index < -0.39 is 0 Å². The standard InChI is InChI=1S/C16H17NO3/c1-2-19-15-7-4-3-6-13(15)17-16(18)12-10-11(12)14-8-5-9-20-14/h3-9,11-12H,2,10H2,1H3,(H,17,18). The lowest BCUT2D eigenvalue weighted by molar-refractivity contribution is -0.117. The minimum Gasteiger partial charge on any atom is -0.492 e. The van der Waals surface area contributed by atoms with E-state index in [2.05, 4.69) is 5.32 Å². The highest BCUT2D eigenvalue weighted by atomic mass is 16.5. The van der Waals surface area contributed by atoms with Gasteiger partial charge in [-0.25, -0.2) is 0 Å². The largest absolute Gasteiger partial charge is 0.492 e. The van der Waals surface area contributed by atoms with Crippen LogP contribution in [0.5, 0.6) is 5.75 Å². The van der Waals surface area contributed by atoms with E-state index >= 15 is 0 Å². The van der Waals surface area contributed by atoms with E-state index in [0.717, 1.165) is 17.9 Å². The molecule has 2 atom stereocenters. The fourth-order valence-electron chi connectivity index (χ4n) is 2.38. The molecule has 1 saturated carbocycles. The van der Waals surface area contributed by atoms with Crippen molar-refractivity contribution in [2.75, 3.05) is 11.9 Å². The molecule has 3 rings (SSSR count). The minimum atomic E-state index is -0.00386. The number of rotatable bonds is 5. The second-order valence-corrected chi connectivity index (χ2v) is 4.88. The summed E-state index contributed by atoms with van der Waals surface area (Å²) >= 11 is 0. The second-order valence-electron chi connectivity index (χ2n) is 4.88. The van der Waals surface area contributed by atoms with Gasteiger partial charge in [0.05, 0.1) is 18.6 Å². The molecule has 1 heterocycles. The second kappa shape index (κ2) is 5.41. The number of carbonyl (C=O) groups is 1. The number of amides is 1. The van der Waals surface area contributed by atoms with Crippen molar-refractivity contribution in [2.24, 2.45) is 5.92 Å². The Balaban J connectivity index is 1.66. The Morgan fingerprint density at radius 1 is 1.35 bits per heavy atom. The lowest BCUT2D eigenvalue weighted by Crippen LogP contribution is -2.15. The summed E-state index contributed by atoms with van der Waals surface area (Å²) in [5, 5.41) is 2.94. The Morgan fingerprint density at radius 3 is 2.95 bits per heavy atom.